The fourth-order valence-electron chi connectivity index (χ4n) is 3.10. The highest BCUT2D eigenvalue weighted by Gasteiger charge is 2.23. The minimum atomic E-state index is -0.854. The molecular formula is C20H13ClF2N4O2. The van der Waals surface area contributed by atoms with Crippen LogP contribution in [0.15, 0.2) is 53.5 Å². The average molecular weight is 415 g/mol. The maximum atomic E-state index is 14.4. The number of benzene rings is 2. The number of aromatic amines is 1. The van der Waals surface area contributed by atoms with E-state index in [1.165, 1.54) is 19.3 Å². The minimum absolute atomic E-state index is 0.0722. The lowest BCUT2D eigenvalue weighted by atomic mass is 10.1. The summed E-state index contributed by atoms with van der Waals surface area (Å²) in [4.78, 5) is 26.8. The van der Waals surface area contributed by atoms with E-state index in [2.05, 4.69) is 15.4 Å². The van der Waals surface area contributed by atoms with E-state index < -0.39 is 22.9 Å². The van der Waals surface area contributed by atoms with Crippen molar-refractivity contribution in [1.29, 1.82) is 0 Å². The third-order valence-electron chi connectivity index (χ3n) is 4.47. The zero-order chi connectivity index (χ0) is 20.7. The minimum Gasteiger partial charge on any atom is -0.355 e. The van der Waals surface area contributed by atoms with Crippen molar-refractivity contribution in [3.8, 4) is 16.9 Å². The molecule has 2 N–H and O–H groups in total. The second kappa shape index (κ2) is 7.14. The molecule has 4 aromatic rings. The molecule has 0 radical (unpaired) electrons. The van der Waals surface area contributed by atoms with Crippen molar-refractivity contribution in [3.63, 3.8) is 0 Å². The van der Waals surface area contributed by atoms with Crippen LogP contribution in [0.2, 0.25) is 5.02 Å². The number of amides is 1. The van der Waals surface area contributed by atoms with Crippen LogP contribution in [-0.2, 0) is 0 Å². The van der Waals surface area contributed by atoms with Crippen LogP contribution in [0.25, 0.3) is 27.8 Å². The molecule has 0 saturated carbocycles. The Morgan fingerprint density at radius 3 is 2.41 bits per heavy atom. The van der Waals surface area contributed by atoms with Gasteiger partial charge < -0.3 is 10.3 Å². The zero-order valence-electron chi connectivity index (χ0n) is 15.0. The molecule has 0 atom stereocenters. The molecule has 6 nitrogen and oxygen atoms in total. The Morgan fingerprint density at radius 1 is 1.14 bits per heavy atom. The first kappa shape index (κ1) is 18.8. The zero-order valence-corrected chi connectivity index (χ0v) is 15.7. The van der Waals surface area contributed by atoms with Gasteiger partial charge in [0.05, 0.1) is 10.4 Å². The summed E-state index contributed by atoms with van der Waals surface area (Å²) in [5.74, 6) is -1.99. The Balaban J connectivity index is 2.03. The molecule has 4 rings (SSSR count). The summed E-state index contributed by atoms with van der Waals surface area (Å²) in [5.41, 5.74) is 0.175. The second-order valence-corrected chi connectivity index (χ2v) is 6.58. The van der Waals surface area contributed by atoms with Crippen LogP contribution in [0.3, 0.4) is 0 Å². The summed E-state index contributed by atoms with van der Waals surface area (Å²) < 4.78 is 29.8. The van der Waals surface area contributed by atoms with Gasteiger partial charge >= 0.3 is 0 Å². The predicted molar refractivity (Wildman–Crippen MR) is 105 cm³/mol. The molecule has 9 heteroatoms. The summed E-state index contributed by atoms with van der Waals surface area (Å²) in [6.07, 6.45) is 1.24. The van der Waals surface area contributed by atoms with Crippen molar-refractivity contribution in [3.05, 3.63) is 81.2 Å². The molecule has 0 fully saturated rings. The van der Waals surface area contributed by atoms with Crippen molar-refractivity contribution in [1.82, 2.24) is 20.1 Å². The fourth-order valence-corrected chi connectivity index (χ4v) is 3.33. The van der Waals surface area contributed by atoms with E-state index >= 15 is 0 Å². The molecule has 1 amide bonds. The Kier molecular flexibility index (Phi) is 4.63. The summed E-state index contributed by atoms with van der Waals surface area (Å²) in [6.45, 7) is 0. The van der Waals surface area contributed by atoms with Crippen LogP contribution in [0.1, 0.15) is 10.4 Å². The largest absolute Gasteiger partial charge is 0.355 e. The molecule has 0 aliphatic carbocycles. The molecule has 2 aromatic heterocycles. The smallest absolute Gasteiger partial charge is 0.259 e. The van der Waals surface area contributed by atoms with Crippen molar-refractivity contribution < 1.29 is 13.6 Å². The number of hydrogen-bond donors (Lipinski definition) is 2. The van der Waals surface area contributed by atoms with Crippen molar-refractivity contribution >= 4 is 28.4 Å². The van der Waals surface area contributed by atoms with Crippen LogP contribution in [0, 0.1) is 11.6 Å². The molecule has 0 aliphatic heterocycles. The summed E-state index contributed by atoms with van der Waals surface area (Å²) in [5, 5.41) is 6.96. The monoisotopic (exact) mass is 414 g/mol. The van der Waals surface area contributed by atoms with Gasteiger partial charge in [-0.15, -0.1) is 0 Å². The van der Waals surface area contributed by atoms with E-state index in [1.807, 2.05) is 0 Å². The number of carbonyl (C=O) groups excluding carboxylic acids is 1. The van der Waals surface area contributed by atoms with Gasteiger partial charge in [0.1, 0.15) is 16.9 Å². The molecule has 0 saturated heterocycles. The highest BCUT2D eigenvalue weighted by Crippen LogP contribution is 2.32. The van der Waals surface area contributed by atoms with Gasteiger partial charge in [0.25, 0.3) is 11.5 Å². The number of halogens is 3. The number of rotatable bonds is 3. The molecule has 146 valence electrons. The van der Waals surface area contributed by atoms with Crippen molar-refractivity contribution in [2.24, 2.45) is 0 Å². The normalized spacial score (nSPS) is 11.0. The number of para-hydroxylation sites is 1. The van der Waals surface area contributed by atoms with Crippen molar-refractivity contribution in [2.75, 3.05) is 7.05 Å². The number of nitrogens with zero attached hydrogens (tertiary/aromatic N) is 2. The molecule has 29 heavy (non-hydrogen) atoms. The summed E-state index contributed by atoms with van der Waals surface area (Å²) in [6, 6.07) is 9.70. The number of hydrogen-bond acceptors (Lipinski definition) is 3. The quantitative estimate of drug-likeness (QED) is 0.536. The highest BCUT2D eigenvalue weighted by atomic mass is 35.5. The molecule has 2 aromatic carbocycles. The first-order valence-electron chi connectivity index (χ1n) is 8.49. The molecule has 0 bridgehead atoms. The lowest BCUT2D eigenvalue weighted by Gasteiger charge is -2.07. The number of nitrogens with one attached hydrogen (secondary N) is 2. The number of carbonyl (C=O) groups is 1. The maximum absolute atomic E-state index is 14.4. The van der Waals surface area contributed by atoms with E-state index in [0.29, 0.717) is 11.1 Å². The molecule has 0 aliphatic rings. The van der Waals surface area contributed by atoms with E-state index in [1.54, 1.807) is 24.3 Å². The molecule has 0 spiro atoms. The third kappa shape index (κ3) is 3.07. The Bertz CT molecular complexity index is 1290. The maximum Gasteiger partial charge on any atom is 0.259 e. The molecular weight excluding hydrogens is 402 g/mol. The van der Waals surface area contributed by atoms with Crippen molar-refractivity contribution in [2.45, 2.75) is 0 Å². The fraction of sp³-hybridized carbons (Fsp3) is 0.0500. The predicted octanol–water partition coefficient (Wildman–Crippen LogP) is 3.67. The van der Waals surface area contributed by atoms with Gasteiger partial charge in [0, 0.05) is 24.4 Å². The number of fused-ring (bicyclic) bond motifs is 1. The second-order valence-electron chi connectivity index (χ2n) is 6.18. The van der Waals surface area contributed by atoms with Crippen LogP contribution >= 0.6 is 11.6 Å². The lowest BCUT2D eigenvalue weighted by Crippen LogP contribution is -2.17. The van der Waals surface area contributed by atoms with Gasteiger partial charge in [-0.25, -0.2) is 13.5 Å². The van der Waals surface area contributed by atoms with Crippen LogP contribution in [0.5, 0.6) is 0 Å². The molecule has 0 unspecified atom stereocenters. The molecule has 2 heterocycles. The SMILES string of the molecule is CNC(=O)c1ccc(-c2nn(-c3c(F)cccc3F)c3c(Cl)c[nH]c(=O)c23)cc1. The Hall–Kier alpha value is -3.52. The van der Waals surface area contributed by atoms with Gasteiger partial charge in [0.2, 0.25) is 0 Å². The Morgan fingerprint density at radius 2 is 1.79 bits per heavy atom. The van der Waals surface area contributed by atoms with Gasteiger partial charge in [-0.3, -0.25) is 9.59 Å². The van der Waals surface area contributed by atoms with Crippen LogP contribution < -0.4 is 10.9 Å². The third-order valence-corrected chi connectivity index (χ3v) is 4.75. The van der Waals surface area contributed by atoms with Gasteiger partial charge in [0.15, 0.2) is 11.6 Å². The van der Waals surface area contributed by atoms with E-state index in [9.17, 15) is 18.4 Å². The van der Waals surface area contributed by atoms with Crippen LogP contribution in [0.4, 0.5) is 8.78 Å². The van der Waals surface area contributed by atoms with Gasteiger partial charge in [-0.05, 0) is 24.3 Å². The van der Waals surface area contributed by atoms with E-state index in [-0.39, 0.29) is 27.5 Å². The van der Waals surface area contributed by atoms with Crippen LogP contribution in [-0.4, -0.2) is 27.7 Å². The first-order chi connectivity index (χ1) is 13.9. The van der Waals surface area contributed by atoms with E-state index in [0.717, 1.165) is 16.8 Å². The van der Waals surface area contributed by atoms with Gasteiger partial charge in [-0.2, -0.15) is 5.10 Å². The average Bonchev–Trinajstić information content (AvgIpc) is 3.12. The standard InChI is InChI=1S/C20H13ClF2N4O2/c1-24-19(28)11-7-5-10(6-8-11)16-15-17(12(21)9-25-20(15)29)27(26-16)18-13(22)3-2-4-14(18)23/h2-9H,1H3,(H,24,28)(H,25,29). The number of H-pyrrole nitrogens is 1. The van der Waals surface area contributed by atoms with E-state index in [4.69, 9.17) is 11.6 Å². The summed E-state index contributed by atoms with van der Waals surface area (Å²) >= 11 is 6.25. The topological polar surface area (TPSA) is 79.8 Å². The highest BCUT2D eigenvalue weighted by molar-refractivity contribution is 6.35. The first-order valence-corrected chi connectivity index (χ1v) is 8.87. The number of aromatic nitrogens is 3. The van der Waals surface area contributed by atoms with Gasteiger partial charge in [-0.1, -0.05) is 29.8 Å². The Labute approximate surface area is 167 Å². The lowest BCUT2D eigenvalue weighted by molar-refractivity contribution is 0.0963. The number of pyridine rings is 1. The summed E-state index contributed by atoms with van der Waals surface area (Å²) in [7, 11) is 1.51.